The molecule has 6 nitrogen and oxygen atoms in total. The van der Waals surface area contributed by atoms with Crippen molar-refractivity contribution in [2.24, 2.45) is 0 Å². The summed E-state index contributed by atoms with van der Waals surface area (Å²) in [5.74, 6) is 1.94. The summed E-state index contributed by atoms with van der Waals surface area (Å²) in [5, 5.41) is 9.88. The van der Waals surface area contributed by atoms with E-state index in [9.17, 15) is 5.11 Å². The monoisotopic (exact) mass is 456 g/mol. The van der Waals surface area contributed by atoms with Crippen LogP contribution in [0.1, 0.15) is 49.8 Å². The van der Waals surface area contributed by atoms with Crippen molar-refractivity contribution in [3.8, 4) is 17.0 Å². The smallest absolute Gasteiger partial charge is 0.224 e. The van der Waals surface area contributed by atoms with Gasteiger partial charge in [-0.05, 0) is 67.7 Å². The van der Waals surface area contributed by atoms with Crippen LogP contribution in [0.3, 0.4) is 0 Å². The lowest BCUT2D eigenvalue weighted by atomic mass is 10.0. The summed E-state index contributed by atoms with van der Waals surface area (Å²) >= 11 is 3.35. The SMILES string of the molecule is Brc1ccc(C2CC2)nc1.COc1nc(C)ncc1-c1ccc(C(C)(C)O)nc1. The first-order valence-corrected chi connectivity index (χ1v) is 10.3. The van der Waals surface area contributed by atoms with Gasteiger partial charge < -0.3 is 9.84 Å². The first-order chi connectivity index (χ1) is 13.8. The molecule has 0 aromatic carbocycles. The van der Waals surface area contributed by atoms with E-state index in [1.54, 1.807) is 39.4 Å². The molecule has 0 bridgehead atoms. The number of hydrogen-bond donors (Lipinski definition) is 1. The van der Waals surface area contributed by atoms with Gasteiger partial charge in [-0.2, -0.15) is 4.98 Å². The van der Waals surface area contributed by atoms with Gasteiger partial charge in [-0.1, -0.05) is 6.07 Å². The summed E-state index contributed by atoms with van der Waals surface area (Å²) in [6.45, 7) is 5.21. The molecule has 0 atom stereocenters. The molecule has 1 aliphatic carbocycles. The maximum atomic E-state index is 9.88. The molecule has 0 saturated heterocycles. The van der Waals surface area contributed by atoms with Crippen molar-refractivity contribution in [3.63, 3.8) is 0 Å². The highest BCUT2D eigenvalue weighted by molar-refractivity contribution is 9.10. The van der Waals surface area contributed by atoms with Gasteiger partial charge in [-0.15, -0.1) is 0 Å². The quantitative estimate of drug-likeness (QED) is 0.606. The Morgan fingerprint density at radius 1 is 1.03 bits per heavy atom. The van der Waals surface area contributed by atoms with Crippen molar-refractivity contribution in [1.82, 2.24) is 19.9 Å². The van der Waals surface area contributed by atoms with E-state index in [-0.39, 0.29) is 0 Å². The zero-order chi connectivity index (χ0) is 21.0. The Hall–Kier alpha value is -2.38. The standard InChI is InChI=1S/C14H17N3O2.C8H8BrN/c1-9-15-8-11(13(17-9)19-4)10-5-6-12(16-7-10)14(2,3)18;9-7-3-4-8(10-5-7)6-1-2-6/h5-8,18H,1-4H3;3-6H,1-2H2. The topological polar surface area (TPSA) is 81.0 Å². The number of methoxy groups -OCH3 is 1. The lowest BCUT2D eigenvalue weighted by Gasteiger charge is -2.16. The molecule has 0 spiro atoms. The van der Waals surface area contributed by atoms with Crippen LogP contribution >= 0.6 is 15.9 Å². The zero-order valence-electron chi connectivity index (χ0n) is 17.1. The fourth-order valence-corrected chi connectivity index (χ4v) is 2.96. The van der Waals surface area contributed by atoms with Crippen LogP contribution in [0.25, 0.3) is 11.1 Å². The van der Waals surface area contributed by atoms with Crippen LogP contribution in [0.15, 0.2) is 47.3 Å². The Labute approximate surface area is 179 Å². The van der Waals surface area contributed by atoms with Crippen LogP contribution in [0.2, 0.25) is 0 Å². The normalized spacial score (nSPS) is 13.4. The van der Waals surface area contributed by atoms with Gasteiger partial charge in [0.2, 0.25) is 5.88 Å². The lowest BCUT2D eigenvalue weighted by molar-refractivity contribution is 0.0739. The maximum Gasteiger partial charge on any atom is 0.224 e. The molecule has 29 heavy (non-hydrogen) atoms. The fraction of sp³-hybridized carbons (Fsp3) is 0.364. The molecule has 4 rings (SSSR count). The summed E-state index contributed by atoms with van der Waals surface area (Å²) in [7, 11) is 1.57. The van der Waals surface area contributed by atoms with Crippen LogP contribution in [0.5, 0.6) is 5.88 Å². The number of aryl methyl sites for hydroxylation is 1. The second-order valence-corrected chi connectivity index (χ2v) is 8.42. The number of aliphatic hydroxyl groups is 1. The van der Waals surface area contributed by atoms with E-state index in [0.717, 1.165) is 21.5 Å². The molecule has 0 radical (unpaired) electrons. The number of nitrogens with zero attached hydrogens (tertiary/aromatic N) is 4. The predicted octanol–water partition coefficient (Wildman–Crippen LogP) is 4.80. The van der Waals surface area contributed by atoms with Gasteiger partial charge in [-0.3, -0.25) is 9.97 Å². The molecule has 0 unspecified atom stereocenters. The van der Waals surface area contributed by atoms with Crippen molar-refractivity contribution in [2.75, 3.05) is 7.11 Å². The van der Waals surface area contributed by atoms with Gasteiger partial charge in [0.15, 0.2) is 0 Å². The van der Waals surface area contributed by atoms with Crippen molar-refractivity contribution in [3.05, 3.63) is 64.5 Å². The van der Waals surface area contributed by atoms with Gasteiger partial charge in [0.25, 0.3) is 0 Å². The van der Waals surface area contributed by atoms with Gasteiger partial charge in [-0.25, -0.2) is 4.98 Å². The van der Waals surface area contributed by atoms with Crippen molar-refractivity contribution in [1.29, 1.82) is 0 Å². The van der Waals surface area contributed by atoms with Gasteiger partial charge in [0.1, 0.15) is 11.4 Å². The second-order valence-electron chi connectivity index (χ2n) is 7.51. The Bertz CT molecular complexity index is 950. The van der Waals surface area contributed by atoms with Crippen LogP contribution < -0.4 is 4.74 Å². The minimum absolute atomic E-state index is 0.519. The number of hydrogen-bond acceptors (Lipinski definition) is 6. The minimum atomic E-state index is -0.952. The second kappa shape index (κ2) is 8.97. The molecule has 1 aliphatic rings. The largest absolute Gasteiger partial charge is 0.480 e. The van der Waals surface area contributed by atoms with Crippen molar-refractivity contribution in [2.45, 2.75) is 45.1 Å². The number of aromatic nitrogens is 4. The number of rotatable bonds is 4. The highest BCUT2D eigenvalue weighted by Crippen LogP contribution is 2.38. The molecule has 3 heterocycles. The number of halogens is 1. The third kappa shape index (κ3) is 5.81. The average Bonchev–Trinajstić information content (AvgIpc) is 3.54. The third-order valence-electron chi connectivity index (χ3n) is 4.51. The van der Waals surface area contributed by atoms with E-state index in [1.165, 1.54) is 18.5 Å². The van der Waals surface area contributed by atoms with Gasteiger partial charge >= 0.3 is 0 Å². The number of pyridine rings is 2. The van der Waals surface area contributed by atoms with E-state index in [0.29, 0.717) is 17.4 Å². The van der Waals surface area contributed by atoms with E-state index < -0.39 is 5.60 Å². The van der Waals surface area contributed by atoms with E-state index in [2.05, 4.69) is 48.0 Å². The highest BCUT2D eigenvalue weighted by atomic mass is 79.9. The zero-order valence-corrected chi connectivity index (χ0v) is 18.6. The molecule has 3 aromatic rings. The Morgan fingerprint density at radius 3 is 2.31 bits per heavy atom. The molecule has 1 N–H and O–H groups in total. The van der Waals surface area contributed by atoms with Crippen LogP contribution in [0, 0.1) is 6.92 Å². The average molecular weight is 457 g/mol. The van der Waals surface area contributed by atoms with E-state index >= 15 is 0 Å². The molecular formula is C22H25BrN4O2. The van der Waals surface area contributed by atoms with Crippen LogP contribution in [-0.4, -0.2) is 32.2 Å². The minimum Gasteiger partial charge on any atom is -0.480 e. The molecule has 3 aromatic heterocycles. The molecule has 1 saturated carbocycles. The highest BCUT2D eigenvalue weighted by Gasteiger charge is 2.24. The van der Waals surface area contributed by atoms with Gasteiger partial charge in [0.05, 0.1) is 18.4 Å². The summed E-state index contributed by atoms with van der Waals surface area (Å²) in [6, 6.07) is 7.81. The van der Waals surface area contributed by atoms with Crippen molar-refractivity contribution >= 4 is 15.9 Å². The van der Waals surface area contributed by atoms with Crippen LogP contribution in [-0.2, 0) is 5.60 Å². The lowest BCUT2D eigenvalue weighted by Crippen LogP contribution is -2.17. The van der Waals surface area contributed by atoms with E-state index in [1.807, 2.05) is 19.2 Å². The van der Waals surface area contributed by atoms with Crippen LogP contribution in [0.4, 0.5) is 0 Å². The third-order valence-corrected chi connectivity index (χ3v) is 4.98. The maximum absolute atomic E-state index is 9.88. The molecular weight excluding hydrogens is 432 g/mol. The first-order valence-electron chi connectivity index (χ1n) is 9.46. The molecule has 0 amide bonds. The molecule has 0 aliphatic heterocycles. The molecule has 7 heteroatoms. The summed E-state index contributed by atoms with van der Waals surface area (Å²) in [4.78, 5) is 17.0. The summed E-state index contributed by atoms with van der Waals surface area (Å²) in [5.41, 5.74) is 2.55. The Balaban J connectivity index is 0.000000200. The Morgan fingerprint density at radius 2 is 1.79 bits per heavy atom. The van der Waals surface area contributed by atoms with Crippen molar-refractivity contribution < 1.29 is 9.84 Å². The fourth-order valence-electron chi connectivity index (χ4n) is 2.73. The predicted molar refractivity (Wildman–Crippen MR) is 116 cm³/mol. The summed E-state index contributed by atoms with van der Waals surface area (Å²) < 4.78 is 6.32. The number of ether oxygens (including phenoxy) is 1. The molecule has 1 fully saturated rings. The first kappa shape index (κ1) is 21.3. The van der Waals surface area contributed by atoms with E-state index in [4.69, 9.17) is 4.74 Å². The van der Waals surface area contributed by atoms with Gasteiger partial charge in [0, 0.05) is 40.2 Å². The Kier molecular flexibility index (Phi) is 6.59. The molecule has 152 valence electrons. The summed E-state index contributed by atoms with van der Waals surface area (Å²) in [6.07, 6.45) is 7.92.